The van der Waals surface area contributed by atoms with Gasteiger partial charge in [0, 0.05) is 10.9 Å². The van der Waals surface area contributed by atoms with Crippen LogP contribution in [0.15, 0.2) is 47.6 Å². The molecular weight excluding hydrogens is 478 g/mol. The van der Waals surface area contributed by atoms with Crippen molar-refractivity contribution in [3.63, 3.8) is 0 Å². The first-order valence-electron chi connectivity index (χ1n) is 9.57. The van der Waals surface area contributed by atoms with Gasteiger partial charge in [0.05, 0.1) is 28.5 Å². The van der Waals surface area contributed by atoms with Gasteiger partial charge in [-0.3, -0.25) is 15.7 Å². The summed E-state index contributed by atoms with van der Waals surface area (Å²) < 4.78 is 20.1. The molecule has 0 unspecified atom stereocenters. The number of benzene rings is 2. The summed E-state index contributed by atoms with van der Waals surface area (Å²) in [5.74, 6) is -0.502. The van der Waals surface area contributed by atoms with Crippen molar-refractivity contribution in [1.29, 1.82) is 0 Å². The summed E-state index contributed by atoms with van der Waals surface area (Å²) in [6, 6.07) is 9.66. The number of alkyl halides is 1. The second kappa shape index (κ2) is 10.9. The Morgan fingerprint density at radius 1 is 1.19 bits per heavy atom. The maximum atomic E-state index is 14.4. The van der Waals surface area contributed by atoms with Gasteiger partial charge in [-0.2, -0.15) is 10.2 Å². The van der Waals surface area contributed by atoms with Crippen molar-refractivity contribution >= 4 is 40.6 Å². The molecule has 2 N–H and O–H groups in total. The molecule has 0 aliphatic carbocycles. The van der Waals surface area contributed by atoms with Crippen molar-refractivity contribution in [2.24, 2.45) is 4.99 Å². The van der Waals surface area contributed by atoms with Gasteiger partial charge in [-0.25, -0.2) is 4.39 Å². The summed E-state index contributed by atoms with van der Waals surface area (Å²) >= 11 is 18.3. The fraction of sp³-hybridized carbons (Fsp3) is 0.227. The van der Waals surface area contributed by atoms with Gasteiger partial charge in [0.15, 0.2) is 23.2 Å². The van der Waals surface area contributed by atoms with Crippen LogP contribution in [0.25, 0.3) is 0 Å². The summed E-state index contributed by atoms with van der Waals surface area (Å²) in [5.41, 5.74) is 4.67. The second-order valence-corrected chi connectivity index (χ2v) is 8.14. The fourth-order valence-electron chi connectivity index (χ4n) is 3.05. The number of hydroxylamine groups is 1. The Morgan fingerprint density at radius 2 is 1.97 bits per heavy atom. The predicted molar refractivity (Wildman–Crippen MR) is 124 cm³/mol. The zero-order valence-corrected chi connectivity index (χ0v) is 19.5. The lowest BCUT2D eigenvalue weighted by atomic mass is 10.1. The molecule has 3 aromatic rings. The molecular formula is C22H20Cl3FN4O2. The summed E-state index contributed by atoms with van der Waals surface area (Å²) in [7, 11) is 0. The van der Waals surface area contributed by atoms with E-state index in [-0.39, 0.29) is 28.2 Å². The lowest BCUT2D eigenvalue weighted by Gasteiger charge is -2.17. The van der Waals surface area contributed by atoms with E-state index >= 15 is 0 Å². The minimum Gasteiger partial charge on any atom is -0.452 e. The Hall–Kier alpha value is -2.45. The molecule has 0 amide bonds. The van der Waals surface area contributed by atoms with Crippen LogP contribution in [0.2, 0.25) is 10.0 Å². The number of aromatic nitrogens is 2. The standard InChI is InChI=1S/C22H20Cl3FN4O2/c1-12-6-7-14(17(25)8-12)9-15(10-23)28-22(30-31)20-13(2)29-27-11-19(20)32-18-5-3-4-16(24)21(18)26/h3-8,11,15,31H,9-10H2,1-2H3,(H,28,30)/t15-/m1/s1. The minimum atomic E-state index is -0.724. The number of halogens is 4. The fourth-order valence-corrected chi connectivity index (χ4v) is 3.70. The van der Waals surface area contributed by atoms with E-state index in [0.29, 0.717) is 22.7 Å². The zero-order chi connectivity index (χ0) is 23.3. The summed E-state index contributed by atoms with van der Waals surface area (Å²) in [6.07, 6.45) is 1.73. The van der Waals surface area contributed by atoms with E-state index in [0.717, 1.165) is 11.1 Å². The van der Waals surface area contributed by atoms with Crippen molar-refractivity contribution in [3.05, 3.63) is 80.8 Å². The van der Waals surface area contributed by atoms with Gasteiger partial charge in [0.25, 0.3) is 0 Å². The van der Waals surface area contributed by atoms with Crippen molar-refractivity contribution in [2.75, 3.05) is 5.88 Å². The molecule has 3 rings (SSSR count). The van der Waals surface area contributed by atoms with Crippen LogP contribution in [-0.2, 0) is 6.42 Å². The monoisotopic (exact) mass is 496 g/mol. The highest BCUT2D eigenvalue weighted by molar-refractivity contribution is 6.31. The minimum absolute atomic E-state index is 0.0451. The van der Waals surface area contributed by atoms with Crippen LogP contribution in [0.5, 0.6) is 11.5 Å². The van der Waals surface area contributed by atoms with Gasteiger partial charge in [-0.15, -0.1) is 11.6 Å². The van der Waals surface area contributed by atoms with Crippen LogP contribution in [0.1, 0.15) is 22.4 Å². The highest BCUT2D eigenvalue weighted by atomic mass is 35.5. The Morgan fingerprint density at radius 3 is 2.66 bits per heavy atom. The average Bonchev–Trinajstić information content (AvgIpc) is 2.76. The Labute approximate surface area is 200 Å². The molecule has 32 heavy (non-hydrogen) atoms. The lowest BCUT2D eigenvalue weighted by Crippen LogP contribution is -2.26. The molecule has 1 heterocycles. The van der Waals surface area contributed by atoms with E-state index in [9.17, 15) is 9.60 Å². The molecule has 0 aliphatic heterocycles. The summed E-state index contributed by atoms with van der Waals surface area (Å²) in [5, 5.41) is 18.2. The number of nitrogens with one attached hydrogen (secondary N) is 1. The van der Waals surface area contributed by atoms with E-state index in [1.54, 1.807) is 13.0 Å². The molecule has 6 nitrogen and oxygen atoms in total. The molecule has 168 valence electrons. The Balaban J connectivity index is 1.98. The Bertz CT molecular complexity index is 1140. The van der Waals surface area contributed by atoms with Gasteiger partial charge in [0.1, 0.15) is 0 Å². The van der Waals surface area contributed by atoms with Crippen molar-refractivity contribution in [2.45, 2.75) is 26.3 Å². The van der Waals surface area contributed by atoms with Crippen LogP contribution in [-0.4, -0.2) is 33.2 Å². The molecule has 1 atom stereocenters. The number of hydrogen-bond acceptors (Lipinski definition) is 5. The third-order valence-electron chi connectivity index (χ3n) is 4.62. The molecule has 0 aliphatic rings. The Kier molecular flexibility index (Phi) is 8.26. The molecule has 0 saturated heterocycles. The predicted octanol–water partition coefficient (Wildman–Crippen LogP) is 5.91. The van der Waals surface area contributed by atoms with E-state index < -0.39 is 11.9 Å². The summed E-state index contributed by atoms with van der Waals surface area (Å²) in [4.78, 5) is 4.54. The quantitative estimate of drug-likeness (QED) is 0.184. The number of rotatable bonds is 7. The SMILES string of the molecule is Cc1ccc(C[C@H](CCl)N=C(NO)c2c(Oc3cccc(Cl)c3F)cnnc2C)c(Cl)c1. The molecule has 1 aromatic heterocycles. The van der Waals surface area contributed by atoms with E-state index in [4.69, 9.17) is 39.5 Å². The maximum absolute atomic E-state index is 14.4. The molecule has 0 fully saturated rings. The van der Waals surface area contributed by atoms with Crippen molar-refractivity contribution in [3.8, 4) is 11.5 Å². The van der Waals surface area contributed by atoms with Crippen molar-refractivity contribution < 1.29 is 14.3 Å². The van der Waals surface area contributed by atoms with Gasteiger partial charge >= 0.3 is 0 Å². The second-order valence-electron chi connectivity index (χ2n) is 7.02. The van der Waals surface area contributed by atoms with Crippen LogP contribution < -0.4 is 10.2 Å². The first kappa shape index (κ1) is 24.2. The molecule has 0 saturated carbocycles. The molecule has 10 heteroatoms. The third kappa shape index (κ3) is 5.66. The number of aliphatic imine (C=N–C) groups is 1. The van der Waals surface area contributed by atoms with Gasteiger partial charge in [-0.05, 0) is 49.6 Å². The van der Waals surface area contributed by atoms with E-state index in [1.165, 1.54) is 18.3 Å². The van der Waals surface area contributed by atoms with Gasteiger partial charge in [0.2, 0.25) is 0 Å². The number of ether oxygens (including phenoxy) is 1. The molecule has 2 aromatic carbocycles. The smallest absolute Gasteiger partial charge is 0.184 e. The first-order chi connectivity index (χ1) is 15.3. The van der Waals surface area contributed by atoms with Gasteiger partial charge in [-0.1, -0.05) is 41.4 Å². The molecule has 0 bridgehead atoms. The van der Waals surface area contributed by atoms with Crippen LogP contribution in [0, 0.1) is 19.7 Å². The highest BCUT2D eigenvalue weighted by Crippen LogP contribution is 2.31. The molecule has 0 spiro atoms. The summed E-state index contributed by atoms with van der Waals surface area (Å²) in [6.45, 7) is 3.60. The highest BCUT2D eigenvalue weighted by Gasteiger charge is 2.20. The van der Waals surface area contributed by atoms with Crippen LogP contribution in [0.4, 0.5) is 4.39 Å². The number of nitrogens with zero attached hydrogens (tertiary/aromatic N) is 3. The maximum Gasteiger partial charge on any atom is 0.184 e. The normalized spacial score (nSPS) is 12.5. The third-order valence-corrected chi connectivity index (χ3v) is 5.62. The molecule has 0 radical (unpaired) electrons. The topological polar surface area (TPSA) is 79.6 Å². The first-order valence-corrected chi connectivity index (χ1v) is 10.9. The number of amidine groups is 1. The zero-order valence-electron chi connectivity index (χ0n) is 17.2. The van der Waals surface area contributed by atoms with E-state index in [2.05, 4.69) is 20.7 Å². The largest absolute Gasteiger partial charge is 0.452 e. The van der Waals surface area contributed by atoms with Gasteiger partial charge < -0.3 is 4.74 Å². The number of hydrogen-bond donors (Lipinski definition) is 2. The average molecular weight is 498 g/mol. The number of aryl methyl sites for hydroxylation is 2. The van der Waals surface area contributed by atoms with E-state index in [1.807, 2.05) is 25.1 Å². The van der Waals surface area contributed by atoms with Crippen molar-refractivity contribution in [1.82, 2.24) is 15.7 Å². The van der Waals surface area contributed by atoms with Crippen LogP contribution in [0.3, 0.4) is 0 Å². The van der Waals surface area contributed by atoms with Crippen LogP contribution >= 0.6 is 34.8 Å². The lowest BCUT2D eigenvalue weighted by molar-refractivity contribution is 0.234.